The highest BCUT2D eigenvalue weighted by Crippen LogP contribution is 2.34. The van der Waals surface area contributed by atoms with Crippen molar-refractivity contribution >= 4 is 35.0 Å². The number of nitrogens with zero attached hydrogens (tertiary/aromatic N) is 2. The molecule has 2 aromatic carbocycles. The predicted octanol–water partition coefficient (Wildman–Crippen LogP) is 4.19. The average molecular weight is 422 g/mol. The highest BCUT2D eigenvalue weighted by Gasteiger charge is 2.26. The van der Waals surface area contributed by atoms with Gasteiger partial charge in [0.2, 0.25) is 5.91 Å². The standard InChI is InChI=1S/C22H19FN4O2S/c23-13-5-8-15(9-6-13)27-18-4-2-1-3-16(18)21(26-27)22(29)24-14-7-10-19-17(11-14)25-20(28)12-30-19/h5-11H,1-4,12H2,(H,24,29)(H,25,28). The number of anilines is 2. The van der Waals surface area contributed by atoms with E-state index in [1.165, 1.54) is 23.9 Å². The van der Waals surface area contributed by atoms with E-state index in [1.54, 1.807) is 22.9 Å². The van der Waals surface area contributed by atoms with Crippen molar-refractivity contribution in [1.29, 1.82) is 0 Å². The second-order valence-electron chi connectivity index (χ2n) is 7.37. The second-order valence-corrected chi connectivity index (χ2v) is 8.39. The molecule has 2 heterocycles. The maximum atomic E-state index is 13.3. The summed E-state index contributed by atoms with van der Waals surface area (Å²) < 4.78 is 15.1. The fourth-order valence-corrected chi connectivity index (χ4v) is 4.72. The molecular formula is C22H19FN4O2S. The third-order valence-corrected chi connectivity index (χ3v) is 6.41. The Morgan fingerprint density at radius 1 is 1.13 bits per heavy atom. The number of carbonyl (C=O) groups excluding carboxylic acids is 2. The smallest absolute Gasteiger partial charge is 0.276 e. The van der Waals surface area contributed by atoms with Gasteiger partial charge in [-0.2, -0.15) is 5.10 Å². The van der Waals surface area contributed by atoms with Gasteiger partial charge < -0.3 is 10.6 Å². The van der Waals surface area contributed by atoms with E-state index < -0.39 is 0 Å². The van der Waals surface area contributed by atoms with Gasteiger partial charge in [0, 0.05) is 21.8 Å². The Hall–Kier alpha value is -3.13. The molecule has 30 heavy (non-hydrogen) atoms. The lowest BCUT2D eigenvalue weighted by molar-refractivity contribution is -0.113. The fourth-order valence-electron chi connectivity index (χ4n) is 3.93. The first kappa shape index (κ1) is 18.9. The van der Waals surface area contributed by atoms with Gasteiger partial charge in [0.05, 0.1) is 17.1 Å². The van der Waals surface area contributed by atoms with Gasteiger partial charge in [-0.3, -0.25) is 9.59 Å². The summed E-state index contributed by atoms with van der Waals surface area (Å²) in [6.07, 6.45) is 3.65. The molecule has 0 saturated heterocycles. The molecule has 0 radical (unpaired) electrons. The van der Waals surface area contributed by atoms with E-state index in [-0.39, 0.29) is 17.6 Å². The van der Waals surface area contributed by atoms with Crippen LogP contribution in [0.15, 0.2) is 47.4 Å². The van der Waals surface area contributed by atoms with Crippen LogP contribution < -0.4 is 10.6 Å². The molecule has 5 rings (SSSR count). The number of carbonyl (C=O) groups is 2. The zero-order chi connectivity index (χ0) is 20.7. The molecular weight excluding hydrogens is 403 g/mol. The van der Waals surface area contributed by atoms with Gasteiger partial charge in [0.1, 0.15) is 5.82 Å². The van der Waals surface area contributed by atoms with Crippen LogP contribution in [0.25, 0.3) is 5.69 Å². The number of rotatable bonds is 3. The van der Waals surface area contributed by atoms with Crippen molar-refractivity contribution in [3.63, 3.8) is 0 Å². The first-order valence-electron chi connectivity index (χ1n) is 9.83. The van der Waals surface area contributed by atoms with E-state index in [1.807, 2.05) is 12.1 Å². The van der Waals surface area contributed by atoms with Gasteiger partial charge in [-0.15, -0.1) is 11.8 Å². The van der Waals surface area contributed by atoms with Crippen molar-refractivity contribution in [2.45, 2.75) is 30.6 Å². The summed E-state index contributed by atoms with van der Waals surface area (Å²) in [5.41, 5.74) is 4.39. The molecule has 0 atom stereocenters. The molecule has 0 saturated carbocycles. The Labute approximate surface area is 176 Å². The Morgan fingerprint density at radius 2 is 1.93 bits per heavy atom. The summed E-state index contributed by atoms with van der Waals surface area (Å²) in [6.45, 7) is 0. The van der Waals surface area contributed by atoms with Gasteiger partial charge in [-0.25, -0.2) is 9.07 Å². The molecule has 1 aliphatic heterocycles. The second kappa shape index (κ2) is 7.60. The molecule has 152 valence electrons. The lowest BCUT2D eigenvalue weighted by atomic mass is 9.95. The molecule has 1 aromatic heterocycles. The van der Waals surface area contributed by atoms with E-state index in [9.17, 15) is 14.0 Å². The first-order chi connectivity index (χ1) is 14.6. The number of hydrogen-bond acceptors (Lipinski definition) is 4. The van der Waals surface area contributed by atoms with Crippen LogP contribution in [0.1, 0.15) is 34.6 Å². The molecule has 1 aliphatic carbocycles. The van der Waals surface area contributed by atoms with Gasteiger partial charge in [0.25, 0.3) is 5.91 Å². The monoisotopic (exact) mass is 422 g/mol. The number of benzene rings is 2. The summed E-state index contributed by atoms with van der Waals surface area (Å²) in [5, 5.41) is 10.3. The number of aromatic nitrogens is 2. The zero-order valence-electron chi connectivity index (χ0n) is 16.1. The van der Waals surface area contributed by atoms with Crippen molar-refractivity contribution in [3.8, 4) is 5.69 Å². The quantitative estimate of drug-likeness (QED) is 0.664. The van der Waals surface area contributed by atoms with Crippen LogP contribution in [0.3, 0.4) is 0 Å². The third-order valence-electron chi connectivity index (χ3n) is 5.34. The highest BCUT2D eigenvalue weighted by molar-refractivity contribution is 8.00. The molecule has 0 fully saturated rings. The fraction of sp³-hybridized carbons (Fsp3) is 0.227. The number of halogens is 1. The third kappa shape index (κ3) is 3.47. The summed E-state index contributed by atoms with van der Waals surface area (Å²) >= 11 is 1.47. The minimum atomic E-state index is -0.310. The lowest BCUT2D eigenvalue weighted by Crippen LogP contribution is -2.19. The van der Waals surface area contributed by atoms with Crippen LogP contribution in [0.4, 0.5) is 15.8 Å². The summed E-state index contributed by atoms with van der Waals surface area (Å²) in [5.74, 6) is -0.256. The zero-order valence-corrected chi connectivity index (χ0v) is 16.9. The molecule has 2 aliphatic rings. The number of thioether (sulfide) groups is 1. The van der Waals surface area contributed by atoms with Crippen molar-refractivity contribution in [2.75, 3.05) is 16.4 Å². The van der Waals surface area contributed by atoms with Crippen molar-refractivity contribution < 1.29 is 14.0 Å². The Bertz CT molecular complexity index is 1160. The molecule has 0 bridgehead atoms. The van der Waals surface area contributed by atoms with Gasteiger partial charge in [-0.05, 0) is 68.1 Å². The molecule has 0 unspecified atom stereocenters. The highest BCUT2D eigenvalue weighted by atomic mass is 32.2. The number of fused-ring (bicyclic) bond motifs is 2. The van der Waals surface area contributed by atoms with E-state index in [0.29, 0.717) is 22.8 Å². The van der Waals surface area contributed by atoms with Gasteiger partial charge in [0.15, 0.2) is 5.69 Å². The Balaban J connectivity index is 1.47. The van der Waals surface area contributed by atoms with Gasteiger partial charge in [-0.1, -0.05) is 0 Å². The van der Waals surface area contributed by atoms with Crippen molar-refractivity contribution in [2.24, 2.45) is 0 Å². The number of amides is 2. The number of nitrogens with one attached hydrogen (secondary N) is 2. The van der Waals surface area contributed by atoms with Crippen LogP contribution in [0, 0.1) is 5.82 Å². The first-order valence-corrected chi connectivity index (χ1v) is 10.8. The minimum Gasteiger partial charge on any atom is -0.324 e. The number of hydrogen-bond donors (Lipinski definition) is 2. The van der Waals surface area contributed by atoms with E-state index in [4.69, 9.17) is 0 Å². The Morgan fingerprint density at radius 3 is 2.77 bits per heavy atom. The van der Waals surface area contributed by atoms with Crippen LogP contribution in [0.5, 0.6) is 0 Å². The maximum Gasteiger partial charge on any atom is 0.276 e. The minimum absolute atomic E-state index is 0.0527. The summed E-state index contributed by atoms with van der Waals surface area (Å²) in [4.78, 5) is 25.7. The van der Waals surface area contributed by atoms with E-state index >= 15 is 0 Å². The normalized spacial score (nSPS) is 15.2. The van der Waals surface area contributed by atoms with Gasteiger partial charge >= 0.3 is 0 Å². The summed E-state index contributed by atoms with van der Waals surface area (Å²) in [6, 6.07) is 11.6. The lowest BCUT2D eigenvalue weighted by Gasteiger charge is -2.17. The van der Waals surface area contributed by atoms with Crippen LogP contribution >= 0.6 is 11.8 Å². The SMILES string of the molecule is O=C1CSc2ccc(NC(=O)c3nn(-c4ccc(F)cc4)c4c3CCCC4)cc2N1. The van der Waals surface area contributed by atoms with Crippen LogP contribution in [0.2, 0.25) is 0 Å². The molecule has 8 heteroatoms. The Kier molecular flexibility index (Phi) is 4.78. The van der Waals surface area contributed by atoms with E-state index in [0.717, 1.165) is 47.5 Å². The molecule has 3 aromatic rings. The van der Waals surface area contributed by atoms with Crippen molar-refractivity contribution in [1.82, 2.24) is 9.78 Å². The van der Waals surface area contributed by atoms with E-state index in [2.05, 4.69) is 15.7 Å². The maximum absolute atomic E-state index is 13.3. The molecule has 2 amide bonds. The molecule has 2 N–H and O–H groups in total. The van der Waals surface area contributed by atoms with Crippen LogP contribution in [-0.4, -0.2) is 27.3 Å². The van der Waals surface area contributed by atoms with Crippen LogP contribution in [-0.2, 0) is 17.6 Å². The van der Waals surface area contributed by atoms with Crippen molar-refractivity contribution in [3.05, 3.63) is 65.2 Å². The predicted molar refractivity (Wildman–Crippen MR) is 114 cm³/mol. The average Bonchev–Trinajstić information content (AvgIpc) is 3.14. The molecule has 6 nitrogen and oxygen atoms in total. The summed E-state index contributed by atoms with van der Waals surface area (Å²) in [7, 11) is 0. The topological polar surface area (TPSA) is 76.0 Å². The largest absolute Gasteiger partial charge is 0.324 e. The molecule has 0 spiro atoms.